The monoisotopic (exact) mass is 524 g/mol. The van der Waals surface area contributed by atoms with Crippen LogP contribution in [0.5, 0.6) is 0 Å². The van der Waals surface area contributed by atoms with Crippen molar-refractivity contribution in [3.05, 3.63) is 66.6 Å². The number of nitrogens with one attached hydrogen (secondary N) is 2. The molecule has 194 valence electrons. The molecule has 1 fully saturated rings. The lowest BCUT2D eigenvalue weighted by Gasteiger charge is -2.29. The fraction of sp³-hybridized carbons (Fsp3) is 0.308. The fourth-order valence-corrected chi connectivity index (χ4v) is 5.69. The first kappa shape index (κ1) is 25.1. The van der Waals surface area contributed by atoms with E-state index in [0.29, 0.717) is 54.9 Å². The van der Waals surface area contributed by atoms with Crippen molar-refractivity contribution in [2.45, 2.75) is 31.2 Å². The van der Waals surface area contributed by atoms with Gasteiger partial charge >= 0.3 is 0 Å². The molecular formula is C26H29FN6O3S. The number of morpholine rings is 1. The number of hydrogen-bond acceptors (Lipinski definition) is 7. The molecule has 0 aliphatic carbocycles. The molecule has 11 heteroatoms. The zero-order valence-electron chi connectivity index (χ0n) is 20.9. The Morgan fingerprint density at radius 1 is 1.03 bits per heavy atom. The SMILES string of the molecule is CC(C)(C)NS(=O)(=O)c1cccc(-c2ccc3cnc(Nc4ccc(F)c(N5CCOCC5)c4)nn23)c1. The number of aromatic nitrogens is 3. The molecule has 1 aliphatic rings. The van der Waals surface area contributed by atoms with Crippen LogP contribution < -0.4 is 14.9 Å². The number of sulfonamides is 1. The van der Waals surface area contributed by atoms with E-state index in [1.807, 2.05) is 23.1 Å². The molecular weight excluding hydrogens is 495 g/mol. The number of anilines is 3. The van der Waals surface area contributed by atoms with E-state index in [1.54, 1.807) is 61.8 Å². The highest BCUT2D eigenvalue weighted by atomic mass is 32.2. The van der Waals surface area contributed by atoms with E-state index in [4.69, 9.17) is 4.74 Å². The summed E-state index contributed by atoms with van der Waals surface area (Å²) in [5, 5.41) is 7.78. The third kappa shape index (κ3) is 5.58. The minimum Gasteiger partial charge on any atom is -0.378 e. The average molecular weight is 525 g/mol. The van der Waals surface area contributed by atoms with Crippen LogP contribution in [0.2, 0.25) is 0 Å². The van der Waals surface area contributed by atoms with Gasteiger partial charge in [-0.05, 0) is 63.2 Å². The van der Waals surface area contributed by atoms with Gasteiger partial charge in [0, 0.05) is 29.9 Å². The number of nitrogens with zero attached hydrogens (tertiary/aromatic N) is 4. The number of rotatable bonds is 6. The normalized spacial score (nSPS) is 14.8. The predicted molar refractivity (Wildman–Crippen MR) is 141 cm³/mol. The van der Waals surface area contributed by atoms with Gasteiger partial charge in [-0.15, -0.1) is 5.10 Å². The molecule has 0 bridgehead atoms. The molecule has 0 saturated carbocycles. The molecule has 1 aliphatic heterocycles. The van der Waals surface area contributed by atoms with Gasteiger partial charge in [-0.25, -0.2) is 27.0 Å². The van der Waals surface area contributed by atoms with Gasteiger partial charge in [-0.1, -0.05) is 12.1 Å². The molecule has 37 heavy (non-hydrogen) atoms. The van der Waals surface area contributed by atoms with E-state index in [2.05, 4.69) is 20.1 Å². The van der Waals surface area contributed by atoms with Crippen LogP contribution in [0.3, 0.4) is 0 Å². The van der Waals surface area contributed by atoms with E-state index in [1.165, 1.54) is 6.07 Å². The topological polar surface area (TPSA) is 101 Å². The zero-order valence-corrected chi connectivity index (χ0v) is 21.7. The van der Waals surface area contributed by atoms with Gasteiger partial charge in [0.05, 0.1) is 41.2 Å². The minimum absolute atomic E-state index is 0.171. The van der Waals surface area contributed by atoms with Gasteiger partial charge in [-0.3, -0.25) is 0 Å². The molecule has 1 saturated heterocycles. The Bertz CT molecular complexity index is 1540. The number of ether oxygens (including phenoxy) is 1. The van der Waals surface area contributed by atoms with Crippen LogP contribution in [0.25, 0.3) is 16.8 Å². The molecule has 0 amide bonds. The maximum absolute atomic E-state index is 14.5. The highest BCUT2D eigenvalue weighted by molar-refractivity contribution is 7.89. The summed E-state index contributed by atoms with van der Waals surface area (Å²) in [6.45, 7) is 7.75. The quantitative estimate of drug-likeness (QED) is 0.390. The number of benzene rings is 2. The van der Waals surface area contributed by atoms with Gasteiger partial charge in [0.25, 0.3) is 0 Å². The Kier molecular flexibility index (Phi) is 6.61. The molecule has 5 rings (SSSR count). The van der Waals surface area contributed by atoms with Crippen molar-refractivity contribution in [2.75, 3.05) is 36.5 Å². The maximum Gasteiger partial charge on any atom is 0.245 e. The van der Waals surface area contributed by atoms with Crippen LogP contribution in [-0.4, -0.2) is 54.9 Å². The lowest BCUT2D eigenvalue weighted by molar-refractivity contribution is 0.122. The standard InChI is InChI=1S/C26H29FN6O3S/c1-26(2,3)31-37(34,35)21-6-4-5-18(15-21)23-10-8-20-17-28-25(30-33(20)23)29-19-7-9-22(27)24(16-19)32-11-13-36-14-12-32/h4-10,15-17,31H,11-14H2,1-3H3,(H,29,30). The second-order valence-electron chi connectivity index (χ2n) is 9.91. The van der Waals surface area contributed by atoms with Crippen LogP contribution >= 0.6 is 0 Å². The van der Waals surface area contributed by atoms with E-state index in [0.717, 1.165) is 5.52 Å². The predicted octanol–water partition coefficient (Wildman–Crippen LogP) is 4.19. The van der Waals surface area contributed by atoms with Gasteiger partial charge in [-0.2, -0.15) is 0 Å². The Morgan fingerprint density at radius 3 is 2.57 bits per heavy atom. The van der Waals surface area contributed by atoms with Gasteiger partial charge in [0.1, 0.15) is 5.82 Å². The number of halogens is 1. The molecule has 0 radical (unpaired) electrons. The molecule has 0 atom stereocenters. The summed E-state index contributed by atoms with van der Waals surface area (Å²) in [7, 11) is -3.70. The van der Waals surface area contributed by atoms with Crippen molar-refractivity contribution < 1.29 is 17.5 Å². The molecule has 3 heterocycles. The largest absolute Gasteiger partial charge is 0.378 e. The maximum atomic E-state index is 14.5. The van der Waals surface area contributed by atoms with Crippen LogP contribution in [-0.2, 0) is 14.8 Å². The Labute approximate surface area is 215 Å². The summed E-state index contributed by atoms with van der Waals surface area (Å²) in [4.78, 5) is 6.52. The second kappa shape index (κ2) is 9.73. The van der Waals surface area contributed by atoms with Crippen molar-refractivity contribution >= 4 is 32.9 Å². The summed E-state index contributed by atoms with van der Waals surface area (Å²) in [6.07, 6.45) is 1.67. The first-order valence-electron chi connectivity index (χ1n) is 12.0. The summed E-state index contributed by atoms with van der Waals surface area (Å²) >= 11 is 0. The summed E-state index contributed by atoms with van der Waals surface area (Å²) < 4.78 is 50.0. The number of fused-ring (bicyclic) bond motifs is 1. The van der Waals surface area contributed by atoms with Crippen molar-refractivity contribution in [1.29, 1.82) is 0 Å². The third-order valence-electron chi connectivity index (χ3n) is 5.83. The first-order chi connectivity index (χ1) is 17.6. The van der Waals surface area contributed by atoms with Gasteiger partial charge in [0.2, 0.25) is 16.0 Å². The van der Waals surface area contributed by atoms with Crippen molar-refractivity contribution in [3.8, 4) is 11.3 Å². The van der Waals surface area contributed by atoms with Crippen LogP contribution in [0.1, 0.15) is 20.8 Å². The lowest BCUT2D eigenvalue weighted by atomic mass is 10.1. The van der Waals surface area contributed by atoms with E-state index < -0.39 is 15.6 Å². The van der Waals surface area contributed by atoms with Crippen LogP contribution in [0, 0.1) is 5.82 Å². The first-order valence-corrected chi connectivity index (χ1v) is 13.5. The molecule has 2 N–H and O–H groups in total. The number of hydrogen-bond donors (Lipinski definition) is 2. The van der Waals surface area contributed by atoms with E-state index in [-0.39, 0.29) is 10.7 Å². The van der Waals surface area contributed by atoms with E-state index in [9.17, 15) is 12.8 Å². The van der Waals surface area contributed by atoms with Gasteiger partial charge < -0.3 is 15.0 Å². The fourth-order valence-electron chi connectivity index (χ4n) is 4.23. The minimum atomic E-state index is -3.70. The summed E-state index contributed by atoms with van der Waals surface area (Å²) in [6, 6.07) is 15.3. The van der Waals surface area contributed by atoms with Gasteiger partial charge in [0.15, 0.2) is 0 Å². The zero-order chi connectivity index (χ0) is 26.2. The smallest absolute Gasteiger partial charge is 0.245 e. The molecule has 0 unspecified atom stereocenters. The Balaban J connectivity index is 1.45. The highest BCUT2D eigenvalue weighted by Gasteiger charge is 2.23. The molecule has 2 aromatic heterocycles. The molecule has 4 aromatic rings. The Morgan fingerprint density at radius 2 is 1.81 bits per heavy atom. The highest BCUT2D eigenvalue weighted by Crippen LogP contribution is 2.28. The average Bonchev–Trinajstić information content (AvgIpc) is 3.28. The van der Waals surface area contributed by atoms with Crippen molar-refractivity contribution in [3.63, 3.8) is 0 Å². The van der Waals surface area contributed by atoms with Crippen LogP contribution in [0.4, 0.5) is 21.7 Å². The Hall–Kier alpha value is -3.54. The second-order valence-corrected chi connectivity index (χ2v) is 11.6. The lowest BCUT2D eigenvalue weighted by Crippen LogP contribution is -2.40. The third-order valence-corrected chi connectivity index (χ3v) is 7.59. The van der Waals surface area contributed by atoms with E-state index >= 15 is 0 Å². The van der Waals surface area contributed by atoms with Crippen molar-refractivity contribution in [1.82, 2.24) is 19.3 Å². The molecule has 9 nitrogen and oxygen atoms in total. The van der Waals surface area contributed by atoms with Crippen LogP contribution in [0.15, 0.2) is 65.7 Å². The van der Waals surface area contributed by atoms with Crippen molar-refractivity contribution in [2.24, 2.45) is 0 Å². The molecule has 0 spiro atoms. The summed E-state index contributed by atoms with van der Waals surface area (Å²) in [5.74, 6) is 0.0231. The molecule has 2 aromatic carbocycles. The summed E-state index contributed by atoms with van der Waals surface area (Å²) in [5.41, 5.74) is 2.69.